The van der Waals surface area contributed by atoms with Crippen LogP contribution in [-0.2, 0) is 18.2 Å². The molecule has 0 saturated heterocycles. The smallest absolute Gasteiger partial charge is 0.356 e. The lowest BCUT2D eigenvalue weighted by Gasteiger charge is -2.13. The van der Waals surface area contributed by atoms with Gasteiger partial charge in [-0.25, -0.2) is 0 Å². The second kappa shape index (κ2) is 5.25. The Kier molecular flexibility index (Phi) is 3.92. The molecule has 9 heteroatoms. The molecule has 21 heavy (non-hydrogen) atoms. The first kappa shape index (κ1) is 15.7. The summed E-state index contributed by atoms with van der Waals surface area (Å²) < 4.78 is 81.0. The van der Waals surface area contributed by atoms with Crippen molar-refractivity contribution in [3.63, 3.8) is 0 Å². The molecule has 0 aliphatic rings. The van der Waals surface area contributed by atoms with Gasteiger partial charge >= 0.3 is 12.4 Å². The normalized spacial score (nSPS) is 12.7. The minimum Gasteiger partial charge on any atom is -0.356 e. The second-order valence-electron chi connectivity index (χ2n) is 4.11. The molecule has 2 aromatic rings. The van der Waals surface area contributed by atoms with E-state index in [-0.39, 0.29) is 28.8 Å². The molecule has 0 unspecified atom stereocenters. The summed E-state index contributed by atoms with van der Waals surface area (Å²) in [5, 5.41) is 3.33. The average Bonchev–Trinajstić information content (AvgIpc) is 2.84. The van der Waals surface area contributed by atoms with Gasteiger partial charge in [-0.1, -0.05) is 5.16 Å². The molecule has 0 bridgehead atoms. The molecule has 0 radical (unpaired) electrons. The molecule has 2 rings (SSSR count). The SMILES string of the molecule is FC(F)(F)c1cc(-c2oncc2CCl)cc(C(F)(F)F)c1. The molecule has 0 N–H and O–H groups in total. The lowest BCUT2D eigenvalue weighted by molar-refractivity contribution is -0.143. The number of aromatic nitrogens is 1. The largest absolute Gasteiger partial charge is 0.416 e. The molecule has 114 valence electrons. The van der Waals surface area contributed by atoms with E-state index in [1.165, 1.54) is 0 Å². The first-order chi connectivity index (χ1) is 9.63. The van der Waals surface area contributed by atoms with Crippen molar-refractivity contribution in [1.29, 1.82) is 0 Å². The predicted octanol–water partition coefficient (Wildman–Crippen LogP) is 5.12. The van der Waals surface area contributed by atoms with E-state index in [9.17, 15) is 26.3 Å². The minimum atomic E-state index is -4.92. The standard InChI is InChI=1S/C12H6ClF6NO/c13-4-7-5-20-21-10(7)6-1-8(11(14,15)16)3-9(2-6)12(17,18)19/h1-3,5H,4H2. The number of benzene rings is 1. The Bertz CT molecular complexity index is 614. The molecular formula is C12H6ClF6NO. The Hall–Kier alpha value is -1.70. The van der Waals surface area contributed by atoms with Crippen LogP contribution in [-0.4, -0.2) is 5.16 Å². The zero-order valence-corrected chi connectivity index (χ0v) is 10.8. The highest BCUT2D eigenvalue weighted by Gasteiger charge is 2.37. The van der Waals surface area contributed by atoms with Crippen molar-refractivity contribution < 1.29 is 30.9 Å². The summed E-state index contributed by atoms with van der Waals surface area (Å²) in [6.45, 7) is 0. The minimum absolute atomic E-state index is 0.0419. The molecule has 0 amide bonds. The first-order valence-corrected chi connectivity index (χ1v) is 5.95. The van der Waals surface area contributed by atoms with Crippen molar-refractivity contribution in [2.45, 2.75) is 18.2 Å². The van der Waals surface area contributed by atoms with Gasteiger partial charge in [-0.15, -0.1) is 11.6 Å². The Morgan fingerprint density at radius 2 is 1.48 bits per heavy atom. The third kappa shape index (κ3) is 3.31. The van der Waals surface area contributed by atoms with E-state index in [0.717, 1.165) is 6.20 Å². The van der Waals surface area contributed by atoms with E-state index in [4.69, 9.17) is 16.1 Å². The van der Waals surface area contributed by atoms with E-state index < -0.39 is 23.5 Å². The van der Waals surface area contributed by atoms with Gasteiger partial charge in [-0.05, 0) is 18.2 Å². The molecule has 0 aliphatic heterocycles. The van der Waals surface area contributed by atoms with Crippen LogP contribution < -0.4 is 0 Å². The number of nitrogens with zero attached hydrogens (tertiary/aromatic N) is 1. The van der Waals surface area contributed by atoms with Gasteiger partial charge in [0.15, 0.2) is 5.76 Å². The summed E-state index contributed by atoms with van der Waals surface area (Å²) in [7, 11) is 0. The summed E-state index contributed by atoms with van der Waals surface area (Å²) in [4.78, 5) is 0. The fourth-order valence-corrected chi connectivity index (χ4v) is 1.87. The highest BCUT2D eigenvalue weighted by molar-refractivity contribution is 6.17. The lowest BCUT2D eigenvalue weighted by atomic mass is 10.0. The maximum Gasteiger partial charge on any atom is 0.416 e. The maximum atomic E-state index is 12.7. The molecule has 0 fully saturated rings. The fourth-order valence-electron chi connectivity index (χ4n) is 1.68. The van der Waals surface area contributed by atoms with E-state index in [1.807, 2.05) is 0 Å². The van der Waals surface area contributed by atoms with Gasteiger partial charge in [0.05, 0.1) is 23.2 Å². The summed E-state index contributed by atoms with van der Waals surface area (Å²) in [6, 6.07) is 1.16. The van der Waals surface area contributed by atoms with Crippen LogP contribution in [0.4, 0.5) is 26.3 Å². The van der Waals surface area contributed by atoms with Crippen LogP contribution >= 0.6 is 11.6 Å². The lowest BCUT2D eigenvalue weighted by Crippen LogP contribution is -2.11. The van der Waals surface area contributed by atoms with Crippen LogP contribution in [0.25, 0.3) is 11.3 Å². The van der Waals surface area contributed by atoms with Crippen molar-refractivity contribution >= 4 is 11.6 Å². The summed E-state index contributed by atoms with van der Waals surface area (Å²) in [5.41, 5.74) is -3.04. The highest BCUT2D eigenvalue weighted by Crippen LogP contribution is 2.39. The molecule has 2 nitrogen and oxygen atoms in total. The third-order valence-corrected chi connectivity index (χ3v) is 2.93. The molecule has 0 spiro atoms. The molecule has 1 aromatic heterocycles. The Morgan fingerprint density at radius 1 is 0.952 bits per heavy atom. The molecule has 0 aliphatic carbocycles. The van der Waals surface area contributed by atoms with Crippen molar-refractivity contribution in [2.75, 3.05) is 0 Å². The van der Waals surface area contributed by atoms with Gasteiger partial charge in [0.2, 0.25) is 0 Å². The van der Waals surface area contributed by atoms with Crippen LogP contribution in [0.5, 0.6) is 0 Å². The fraction of sp³-hybridized carbons (Fsp3) is 0.250. The Balaban J connectivity index is 2.66. The Labute approximate surface area is 119 Å². The van der Waals surface area contributed by atoms with Gasteiger partial charge in [0.25, 0.3) is 0 Å². The summed E-state index contributed by atoms with van der Waals surface area (Å²) >= 11 is 5.54. The number of rotatable bonds is 2. The maximum absolute atomic E-state index is 12.7. The van der Waals surface area contributed by atoms with Crippen molar-refractivity contribution in [3.05, 3.63) is 41.1 Å². The van der Waals surface area contributed by atoms with Crippen LogP contribution in [0.15, 0.2) is 28.9 Å². The second-order valence-corrected chi connectivity index (χ2v) is 4.38. The Morgan fingerprint density at radius 3 is 1.90 bits per heavy atom. The van der Waals surface area contributed by atoms with E-state index in [0.29, 0.717) is 12.1 Å². The van der Waals surface area contributed by atoms with Crippen LogP contribution in [0.2, 0.25) is 0 Å². The molecule has 1 aromatic carbocycles. The first-order valence-electron chi connectivity index (χ1n) is 5.42. The monoisotopic (exact) mass is 329 g/mol. The molecule has 1 heterocycles. The third-order valence-electron chi connectivity index (χ3n) is 2.64. The van der Waals surface area contributed by atoms with Gasteiger partial charge in [0, 0.05) is 11.1 Å². The van der Waals surface area contributed by atoms with E-state index in [2.05, 4.69) is 5.16 Å². The highest BCUT2D eigenvalue weighted by atomic mass is 35.5. The van der Waals surface area contributed by atoms with Crippen LogP contribution in [0.1, 0.15) is 16.7 Å². The molecule has 0 atom stereocenters. The number of hydrogen-bond acceptors (Lipinski definition) is 2. The van der Waals surface area contributed by atoms with Crippen molar-refractivity contribution in [2.24, 2.45) is 0 Å². The number of alkyl halides is 7. The quantitative estimate of drug-likeness (QED) is 0.564. The van der Waals surface area contributed by atoms with Gasteiger partial charge in [-0.3, -0.25) is 0 Å². The van der Waals surface area contributed by atoms with Crippen LogP contribution in [0, 0.1) is 0 Å². The van der Waals surface area contributed by atoms with E-state index >= 15 is 0 Å². The van der Waals surface area contributed by atoms with Crippen molar-refractivity contribution in [3.8, 4) is 11.3 Å². The zero-order valence-electron chi connectivity index (χ0n) is 10.0. The van der Waals surface area contributed by atoms with E-state index in [1.54, 1.807) is 0 Å². The molecular weight excluding hydrogens is 324 g/mol. The number of halogens is 7. The predicted molar refractivity (Wildman–Crippen MR) is 61.5 cm³/mol. The topological polar surface area (TPSA) is 26.0 Å². The van der Waals surface area contributed by atoms with Crippen LogP contribution in [0.3, 0.4) is 0 Å². The van der Waals surface area contributed by atoms with Gasteiger partial charge < -0.3 is 4.52 Å². The average molecular weight is 330 g/mol. The zero-order chi connectivity index (χ0) is 15.8. The van der Waals surface area contributed by atoms with Crippen molar-refractivity contribution in [1.82, 2.24) is 5.16 Å². The molecule has 0 saturated carbocycles. The summed E-state index contributed by atoms with van der Waals surface area (Å²) in [5.74, 6) is -0.377. The van der Waals surface area contributed by atoms with Gasteiger partial charge in [0.1, 0.15) is 0 Å². The van der Waals surface area contributed by atoms with Gasteiger partial charge in [-0.2, -0.15) is 26.3 Å². The summed E-state index contributed by atoms with van der Waals surface area (Å²) in [6.07, 6.45) is -8.70. The number of hydrogen-bond donors (Lipinski definition) is 0.